The molecule has 5 heteroatoms. The van der Waals surface area contributed by atoms with Gasteiger partial charge >= 0.3 is 0 Å². The molecule has 5 nitrogen and oxygen atoms in total. The number of piperidine rings is 1. The van der Waals surface area contributed by atoms with Crippen LogP contribution in [0.2, 0.25) is 0 Å². The van der Waals surface area contributed by atoms with Gasteiger partial charge in [-0.25, -0.2) is 0 Å². The molecule has 2 amide bonds. The standard InChI is InChI=1S/C16H28N2O3/c1-12-5-3-4-10-18(12)15(19)8-9-17-16(20)13(2)21-11-14-6-7-14/h12-14H,3-11H2,1-2H3,(H,17,20)/t12-,13-/m0/s1. The molecule has 2 atom stereocenters. The van der Waals surface area contributed by atoms with Crippen LogP contribution in [0, 0.1) is 5.92 Å². The van der Waals surface area contributed by atoms with E-state index in [1.54, 1.807) is 6.92 Å². The lowest BCUT2D eigenvalue weighted by atomic mass is 10.0. The van der Waals surface area contributed by atoms with Crippen LogP contribution in [0.3, 0.4) is 0 Å². The quantitative estimate of drug-likeness (QED) is 0.778. The number of hydrogen-bond donors (Lipinski definition) is 1. The summed E-state index contributed by atoms with van der Waals surface area (Å²) in [7, 11) is 0. The van der Waals surface area contributed by atoms with Crippen LogP contribution in [-0.4, -0.2) is 48.6 Å². The van der Waals surface area contributed by atoms with Gasteiger partial charge in [0.2, 0.25) is 11.8 Å². The third-order valence-corrected chi connectivity index (χ3v) is 4.41. The highest BCUT2D eigenvalue weighted by Crippen LogP contribution is 2.29. The van der Waals surface area contributed by atoms with Gasteiger partial charge in [0.05, 0.1) is 6.61 Å². The van der Waals surface area contributed by atoms with E-state index < -0.39 is 6.10 Å². The summed E-state index contributed by atoms with van der Waals surface area (Å²) in [5.41, 5.74) is 0. The van der Waals surface area contributed by atoms with E-state index in [4.69, 9.17) is 4.74 Å². The lowest BCUT2D eigenvalue weighted by molar-refractivity contribution is -0.135. The van der Waals surface area contributed by atoms with Gasteiger partial charge in [-0.15, -0.1) is 0 Å². The summed E-state index contributed by atoms with van der Waals surface area (Å²) in [5, 5.41) is 2.80. The van der Waals surface area contributed by atoms with Gasteiger partial charge in [-0.05, 0) is 51.9 Å². The molecule has 0 radical (unpaired) electrons. The van der Waals surface area contributed by atoms with Crippen LogP contribution in [0.5, 0.6) is 0 Å². The van der Waals surface area contributed by atoms with E-state index in [-0.39, 0.29) is 11.8 Å². The van der Waals surface area contributed by atoms with Crippen LogP contribution in [0.4, 0.5) is 0 Å². The number of likely N-dealkylation sites (tertiary alicyclic amines) is 1. The third kappa shape index (κ3) is 5.30. The number of carbonyl (C=O) groups is 2. The van der Waals surface area contributed by atoms with Crippen LogP contribution in [-0.2, 0) is 14.3 Å². The van der Waals surface area contributed by atoms with E-state index in [0.717, 1.165) is 19.4 Å². The molecule has 120 valence electrons. The second-order valence-corrected chi connectivity index (χ2v) is 6.39. The van der Waals surface area contributed by atoms with Gasteiger partial charge in [-0.2, -0.15) is 0 Å². The Balaban J connectivity index is 1.60. The summed E-state index contributed by atoms with van der Waals surface area (Å²) in [6.07, 6.45) is 5.78. The Morgan fingerprint density at radius 1 is 1.29 bits per heavy atom. The van der Waals surface area contributed by atoms with Gasteiger partial charge < -0.3 is 15.0 Å². The zero-order valence-electron chi connectivity index (χ0n) is 13.3. The van der Waals surface area contributed by atoms with Crippen LogP contribution in [0.1, 0.15) is 52.4 Å². The van der Waals surface area contributed by atoms with Crippen molar-refractivity contribution >= 4 is 11.8 Å². The van der Waals surface area contributed by atoms with Crippen molar-refractivity contribution in [2.75, 3.05) is 19.7 Å². The Bertz CT molecular complexity index is 369. The summed E-state index contributed by atoms with van der Waals surface area (Å²) in [4.78, 5) is 25.9. The number of nitrogens with zero attached hydrogens (tertiary/aromatic N) is 1. The molecule has 2 rings (SSSR count). The monoisotopic (exact) mass is 296 g/mol. The molecule has 1 N–H and O–H groups in total. The molecular weight excluding hydrogens is 268 g/mol. The van der Waals surface area contributed by atoms with Gasteiger partial charge in [0, 0.05) is 25.6 Å². The van der Waals surface area contributed by atoms with Gasteiger partial charge in [-0.3, -0.25) is 9.59 Å². The minimum Gasteiger partial charge on any atom is -0.368 e. The van der Waals surface area contributed by atoms with Gasteiger partial charge in [0.25, 0.3) is 0 Å². The molecule has 0 aromatic carbocycles. The van der Waals surface area contributed by atoms with Gasteiger partial charge in [0.15, 0.2) is 0 Å². The topological polar surface area (TPSA) is 58.6 Å². The number of hydrogen-bond acceptors (Lipinski definition) is 3. The van der Waals surface area contributed by atoms with Crippen molar-refractivity contribution in [3.8, 4) is 0 Å². The van der Waals surface area contributed by atoms with Crippen molar-refractivity contribution < 1.29 is 14.3 Å². The summed E-state index contributed by atoms with van der Waals surface area (Å²) in [6.45, 7) is 5.81. The number of ether oxygens (including phenoxy) is 1. The molecule has 21 heavy (non-hydrogen) atoms. The normalized spacial score (nSPS) is 23.7. The Hall–Kier alpha value is -1.10. The van der Waals surface area contributed by atoms with Gasteiger partial charge in [-0.1, -0.05) is 0 Å². The average molecular weight is 296 g/mol. The molecule has 2 fully saturated rings. The minimum absolute atomic E-state index is 0.116. The molecule has 1 saturated carbocycles. The van der Waals surface area contributed by atoms with E-state index in [2.05, 4.69) is 12.2 Å². The Kier molecular flexibility index (Phi) is 6.03. The fraction of sp³-hybridized carbons (Fsp3) is 0.875. The first-order valence-electron chi connectivity index (χ1n) is 8.26. The number of rotatable bonds is 7. The first-order chi connectivity index (χ1) is 10.1. The maximum atomic E-state index is 12.1. The summed E-state index contributed by atoms with van der Waals surface area (Å²) >= 11 is 0. The average Bonchev–Trinajstić information content (AvgIpc) is 3.29. The summed E-state index contributed by atoms with van der Waals surface area (Å²) in [6, 6.07) is 0.336. The maximum absolute atomic E-state index is 12.1. The van der Waals surface area contributed by atoms with Crippen molar-refractivity contribution in [1.29, 1.82) is 0 Å². The van der Waals surface area contributed by atoms with Crippen molar-refractivity contribution in [2.24, 2.45) is 5.92 Å². The predicted molar refractivity (Wildman–Crippen MR) is 80.8 cm³/mol. The zero-order valence-corrected chi connectivity index (χ0v) is 13.3. The van der Waals surface area contributed by atoms with Crippen LogP contribution >= 0.6 is 0 Å². The van der Waals surface area contributed by atoms with E-state index in [1.165, 1.54) is 19.3 Å². The molecule has 2 aliphatic rings. The molecule has 1 aliphatic heterocycles. The number of carbonyl (C=O) groups excluding carboxylic acids is 2. The van der Waals surface area contributed by atoms with Crippen molar-refractivity contribution in [3.05, 3.63) is 0 Å². The van der Waals surface area contributed by atoms with Crippen molar-refractivity contribution in [2.45, 2.75) is 64.5 Å². The van der Waals surface area contributed by atoms with Crippen molar-refractivity contribution in [1.82, 2.24) is 10.2 Å². The molecular formula is C16H28N2O3. The smallest absolute Gasteiger partial charge is 0.248 e. The highest BCUT2D eigenvalue weighted by Gasteiger charge is 2.25. The van der Waals surface area contributed by atoms with Crippen LogP contribution in [0.15, 0.2) is 0 Å². The lowest BCUT2D eigenvalue weighted by Crippen LogP contribution is -2.44. The number of amides is 2. The minimum atomic E-state index is -0.422. The molecule has 1 heterocycles. The molecule has 0 spiro atoms. The van der Waals surface area contributed by atoms with Crippen molar-refractivity contribution in [3.63, 3.8) is 0 Å². The molecule has 0 bridgehead atoms. The highest BCUT2D eigenvalue weighted by molar-refractivity contribution is 5.81. The molecule has 1 aliphatic carbocycles. The van der Waals surface area contributed by atoms with E-state index in [0.29, 0.717) is 31.5 Å². The van der Waals surface area contributed by atoms with Gasteiger partial charge in [0.1, 0.15) is 6.10 Å². The summed E-state index contributed by atoms with van der Waals surface area (Å²) < 4.78 is 5.51. The number of nitrogens with one attached hydrogen (secondary N) is 1. The SMILES string of the molecule is C[C@H](OCC1CC1)C(=O)NCCC(=O)N1CCCC[C@@H]1C. The molecule has 0 aromatic rings. The van der Waals surface area contributed by atoms with E-state index >= 15 is 0 Å². The molecule has 0 unspecified atom stereocenters. The lowest BCUT2D eigenvalue weighted by Gasteiger charge is -2.33. The second kappa shape index (κ2) is 7.78. The molecule has 1 saturated heterocycles. The van der Waals surface area contributed by atoms with E-state index in [1.807, 2.05) is 4.90 Å². The Morgan fingerprint density at radius 2 is 2.05 bits per heavy atom. The summed E-state index contributed by atoms with van der Waals surface area (Å²) in [5.74, 6) is 0.687. The van der Waals surface area contributed by atoms with Crippen LogP contribution in [0.25, 0.3) is 0 Å². The second-order valence-electron chi connectivity index (χ2n) is 6.39. The Labute approximate surface area is 127 Å². The third-order valence-electron chi connectivity index (χ3n) is 4.41. The van der Waals surface area contributed by atoms with Crippen LogP contribution < -0.4 is 5.32 Å². The fourth-order valence-electron chi connectivity index (χ4n) is 2.69. The maximum Gasteiger partial charge on any atom is 0.248 e. The Morgan fingerprint density at radius 3 is 2.71 bits per heavy atom. The zero-order chi connectivity index (χ0) is 15.2. The predicted octanol–water partition coefficient (Wildman–Crippen LogP) is 1.71. The van der Waals surface area contributed by atoms with E-state index in [9.17, 15) is 9.59 Å². The largest absolute Gasteiger partial charge is 0.368 e. The first kappa shape index (κ1) is 16.3. The molecule has 0 aromatic heterocycles. The fourth-order valence-corrected chi connectivity index (χ4v) is 2.69. The first-order valence-corrected chi connectivity index (χ1v) is 8.26. The highest BCUT2D eigenvalue weighted by atomic mass is 16.5.